The lowest BCUT2D eigenvalue weighted by molar-refractivity contribution is -0.120. The minimum Gasteiger partial charge on any atom is -0.324 e. The van der Waals surface area contributed by atoms with Crippen molar-refractivity contribution in [1.29, 1.82) is 0 Å². The molecule has 3 nitrogen and oxygen atoms in total. The predicted octanol–water partition coefficient (Wildman–Crippen LogP) is 2.73. The number of carbonyl (C=O) groups excluding carboxylic acids is 1. The van der Waals surface area contributed by atoms with E-state index in [9.17, 15) is 4.79 Å². The zero-order valence-electron chi connectivity index (χ0n) is 10.4. The second kappa shape index (κ2) is 4.56. The highest BCUT2D eigenvalue weighted by molar-refractivity contribution is 6.33. The van der Waals surface area contributed by atoms with Crippen LogP contribution in [0.3, 0.4) is 0 Å². The number of amides is 1. The Bertz CT molecular complexity index is 489. The Kier molecular flexibility index (Phi) is 3.04. The highest BCUT2D eigenvalue weighted by Crippen LogP contribution is 2.34. The summed E-state index contributed by atoms with van der Waals surface area (Å²) in [6.45, 7) is 1.99. The van der Waals surface area contributed by atoms with E-state index in [2.05, 4.69) is 10.6 Å². The van der Waals surface area contributed by atoms with E-state index in [1.807, 2.05) is 25.1 Å². The molecule has 0 spiro atoms. The van der Waals surface area contributed by atoms with Crippen LogP contribution in [0.25, 0.3) is 0 Å². The van der Waals surface area contributed by atoms with Gasteiger partial charge in [0.25, 0.3) is 0 Å². The smallest absolute Gasteiger partial charge is 0.229 e. The highest BCUT2D eigenvalue weighted by Gasteiger charge is 2.42. The molecule has 1 amide bonds. The Balaban J connectivity index is 1.72. The van der Waals surface area contributed by atoms with E-state index in [1.165, 1.54) is 6.42 Å². The second-order valence-electron chi connectivity index (χ2n) is 5.36. The quantitative estimate of drug-likeness (QED) is 0.862. The first-order valence-electron chi connectivity index (χ1n) is 6.46. The molecule has 96 valence electrons. The Morgan fingerprint density at radius 3 is 2.94 bits per heavy atom. The summed E-state index contributed by atoms with van der Waals surface area (Å²) in [5.74, 6) is 0.197. The van der Waals surface area contributed by atoms with E-state index < -0.39 is 0 Å². The van der Waals surface area contributed by atoms with Crippen molar-refractivity contribution in [1.82, 2.24) is 5.32 Å². The molecule has 2 aliphatic rings. The van der Waals surface area contributed by atoms with Crippen molar-refractivity contribution in [3.63, 3.8) is 0 Å². The first-order valence-corrected chi connectivity index (χ1v) is 6.84. The topological polar surface area (TPSA) is 41.1 Å². The van der Waals surface area contributed by atoms with Crippen molar-refractivity contribution in [2.45, 2.75) is 38.3 Å². The number of hydrogen-bond acceptors (Lipinski definition) is 2. The van der Waals surface area contributed by atoms with E-state index in [0.29, 0.717) is 17.1 Å². The summed E-state index contributed by atoms with van der Waals surface area (Å²) in [6.07, 6.45) is 3.28. The summed E-state index contributed by atoms with van der Waals surface area (Å²) in [7, 11) is 0. The lowest BCUT2D eigenvalue weighted by atomic mass is 9.88. The zero-order valence-corrected chi connectivity index (χ0v) is 11.1. The van der Waals surface area contributed by atoms with Crippen molar-refractivity contribution < 1.29 is 4.79 Å². The fourth-order valence-electron chi connectivity index (χ4n) is 3.07. The van der Waals surface area contributed by atoms with Gasteiger partial charge in [-0.1, -0.05) is 17.7 Å². The molecule has 2 bridgehead atoms. The van der Waals surface area contributed by atoms with Gasteiger partial charge in [0, 0.05) is 12.1 Å². The third-order valence-electron chi connectivity index (χ3n) is 4.02. The number of carbonyl (C=O) groups is 1. The number of rotatable bonds is 2. The van der Waals surface area contributed by atoms with Gasteiger partial charge in [-0.05, 0) is 43.9 Å². The van der Waals surface area contributed by atoms with Gasteiger partial charge in [0.15, 0.2) is 0 Å². The van der Waals surface area contributed by atoms with E-state index in [0.717, 1.165) is 24.1 Å². The number of halogens is 1. The van der Waals surface area contributed by atoms with Crippen LogP contribution in [0.5, 0.6) is 0 Å². The molecule has 0 radical (unpaired) electrons. The first kappa shape index (κ1) is 12.0. The molecule has 2 fully saturated rings. The highest BCUT2D eigenvalue weighted by atomic mass is 35.5. The molecule has 3 rings (SSSR count). The van der Waals surface area contributed by atoms with Crippen molar-refractivity contribution >= 4 is 23.2 Å². The fourth-order valence-corrected chi connectivity index (χ4v) is 3.24. The van der Waals surface area contributed by atoms with Crippen LogP contribution in [0.4, 0.5) is 5.69 Å². The molecule has 3 unspecified atom stereocenters. The van der Waals surface area contributed by atoms with Gasteiger partial charge in [-0.15, -0.1) is 0 Å². The third-order valence-corrected chi connectivity index (χ3v) is 4.35. The minimum absolute atomic E-state index is 0.0975. The van der Waals surface area contributed by atoms with Crippen LogP contribution in [-0.2, 0) is 4.79 Å². The third kappa shape index (κ3) is 2.13. The van der Waals surface area contributed by atoms with E-state index in [-0.39, 0.29) is 11.8 Å². The standard InChI is InChI=1S/C14H17ClN2O/c1-8-2-4-11(15)13(6-8)17-14(18)10-7-9-3-5-12(10)16-9/h2,4,6,9-10,12,16H,3,5,7H2,1H3,(H,17,18). The fraction of sp³-hybridized carbons (Fsp3) is 0.500. The van der Waals surface area contributed by atoms with Crippen LogP contribution in [0.2, 0.25) is 5.02 Å². The average molecular weight is 265 g/mol. The first-order chi connectivity index (χ1) is 8.63. The lowest BCUT2D eigenvalue weighted by Crippen LogP contribution is -2.32. The van der Waals surface area contributed by atoms with Crippen LogP contribution < -0.4 is 10.6 Å². The summed E-state index contributed by atoms with van der Waals surface area (Å²) in [4.78, 5) is 12.3. The van der Waals surface area contributed by atoms with Crippen LogP contribution in [-0.4, -0.2) is 18.0 Å². The maximum Gasteiger partial charge on any atom is 0.229 e. The van der Waals surface area contributed by atoms with Crippen molar-refractivity contribution in [2.75, 3.05) is 5.32 Å². The number of fused-ring (bicyclic) bond motifs is 2. The molecule has 2 N–H and O–H groups in total. The van der Waals surface area contributed by atoms with E-state index in [1.54, 1.807) is 0 Å². The van der Waals surface area contributed by atoms with Crippen molar-refractivity contribution in [2.24, 2.45) is 5.92 Å². The lowest BCUT2D eigenvalue weighted by Gasteiger charge is -2.19. The molecular formula is C14H17ClN2O. The second-order valence-corrected chi connectivity index (χ2v) is 5.77. The number of anilines is 1. The van der Waals surface area contributed by atoms with Gasteiger partial charge in [-0.25, -0.2) is 0 Å². The average Bonchev–Trinajstić information content (AvgIpc) is 2.96. The van der Waals surface area contributed by atoms with Gasteiger partial charge < -0.3 is 10.6 Å². The molecule has 2 aliphatic heterocycles. The molecule has 2 saturated heterocycles. The van der Waals surface area contributed by atoms with E-state index in [4.69, 9.17) is 11.6 Å². The van der Waals surface area contributed by atoms with Crippen molar-refractivity contribution in [3.8, 4) is 0 Å². The summed E-state index contributed by atoms with van der Waals surface area (Å²) in [5.41, 5.74) is 1.82. The number of nitrogens with one attached hydrogen (secondary N) is 2. The van der Waals surface area contributed by atoms with Gasteiger partial charge in [0.05, 0.1) is 16.6 Å². The van der Waals surface area contributed by atoms with Gasteiger partial charge >= 0.3 is 0 Å². The normalized spacial score (nSPS) is 29.6. The molecule has 0 aromatic heterocycles. The maximum atomic E-state index is 12.3. The Hall–Kier alpha value is -1.06. The summed E-state index contributed by atoms with van der Waals surface area (Å²) < 4.78 is 0. The summed E-state index contributed by atoms with van der Waals surface area (Å²) >= 11 is 6.10. The molecule has 1 aromatic rings. The van der Waals surface area contributed by atoms with Crippen LogP contribution >= 0.6 is 11.6 Å². The SMILES string of the molecule is Cc1ccc(Cl)c(NC(=O)C2CC3CCC2N3)c1. The molecule has 4 heteroatoms. The number of benzene rings is 1. The van der Waals surface area contributed by atoms with E-state index >= 15 is 0 Å². The predicted molar refractivity (Wildman–Crippen MR) is 72.9 cm³/mol. The molecule has 2 heterocycles. The Labute approximate surface area is 112 Å². The van der Waals surface area contributed by atoms with Crippen molar-refractivity contribution in [3.05, 3.63) is 28.8 Å². The minimum atomic E-state index is 0.0975. The van der Waals surface area contributed by atoms with Gasteiger partial charge in [0.1, 0.15) is 0 Å². The number of hydrogen-bond donors (Lipinski definition) is 2. The molecule has 0 saturated carbocycles. The van der Waals surface area contributed by atoms with Gasteiger partial charge in [0.2, 0.25) is 5.91 Å². The molecule has 0 aliphatic carbocycles. The van der Waals surface area contributed by atoms with Gasteiger partial charge in [-0.2, -0.15) is 0 Å². The molecule has 3 atom stereocenters. The van der Waals surface area contributed by atoms with Crippen LogP contribution in [0.15, 0.2) is 18.2 Å². The molecule has 1 aromatic carbocycles. The molecular weight excluding hydrogens is 248 g/mol. The monoisotopic (exact) mass is 264 g/mol. The summed E-state index contributed by atoms with van der Waals surface area (Å²) in [5, 5.41) is 7.05. The summed E-state index contributed by atoms with van der Waals surface area (Å²) in [6, 6.07) is 6.58. The Morgan fingerprint density at radius 1 is 1.44 bits per heavy atom. The number of aryl methyl sites for hydroxylation is 1. The zero-order chi connectivity index (χ0) is 12.7. The Morgan fingerprint density at radius 2 is 2.28 bits per heavy atom. The maximum absolute atomic E-state index is 12.3. The van der Waals surface area contributed by atoms with Gasteiger partial charge in [-0.3, -0.25) is 4.79 Å². The van der Waals surface area contributed by atoms with Crippen LogP contribution in [0.1, 0.15) is 24.8 Å². The molecule has 18 heavy (non-hydrogen) atoms. The largest absolute Gasteiger partial charge is 0.324 e. The van der Waals surface area contributed by atoms with Crippen LogP contribution in [0, 0.1) is 12.8 Å².